The zero-order valence-electron chi connectivity index (χ0n) is 9.87. The van der Waals surface area contributed by atoms with Crippen molar-refractivity contribution in [1.29, 1.82) is 0 Å². The molecule has 0 bridgehead atoms. The molecule has 0 aromatic carbocycles. The first-order chi connectivity index (χ1) is 8.69. The standard InChI is InChI=1S/C9H14N8O/c1-6(9-11-5-12-15-9)13-8(18)4-17-3-7(2-10)14-16-17/h3,5-6H,2,4,10H2,1H3,(H,13,18)(H,11,12,15). The summed E-state index contributed by atoms with van der Waals surface area (Å²) in [6.07, 6.45) is 3.03. The van der Waals surface area contributed by atoms with Gasteiger partial charge in [0.2, 0.25) is 5.91 Å². The van der Waals surface area contributed by atoms with Crippen LogP contribution in [0.5, 0.6) is 0 Å². The topological polar surface area (TPSA) is 127 Å². The first-order valence-electron chi connectivity index (χ1n) is 5.42. The Kier molecular flexibility index (Phi) is 3.63. The van der Waals surface area contributed by atoms with E-state index >= 15 is 0 Å². The van der Waals surface area contributed by atoms with E-state index in [1.54, 1.807) is 6.20 Å². The van der Waals surface area contributed by atoms with Gasteiger partial charge in [0.15, 0.2) is 0 Å². The molecule has 4 N–H and O–H groups in total. The van der Waals surface area contributed by atoms with Crippen LogP contribution in [0.4, 0.5) is 0 Å². The fourth-order valence-electron chi connectivity index (χ4n) is 1.44. The summed E-state index contributed by atoms with van der Waals surface area (Å²) < 4.78 is 1.44. The molecule has 1 atom stereocenters. The Labute approximate surface area is 103 Å². The van der Waals surface area contributed by atoms with E-state index in [-0.39, 0.29) is 18.5 Å². The number of H-pyrrole nitrogens is 1. The van der Waals surface area contributed by atoms with Crippen LogP contribution in [0.1, 0.15) is 24.5 Å². The molecule has 2 aromatic heterocycles. The molecule has 9 heteroatoms. The summed E-state index contributed by atoms with van der Waals surface area (Å²) in [6, 6.07) is -0.238. The molecule has 2 heterocycles. The Bertz CT molecular complexity index is 504. The number of carbonyl (C=O) groups excluding carboxylic acids is 1. The van der Waals surface area contributed by atoms with Crippen molar-refractivity contribution in [2.75, 3.05) is 0 Å². The number of aromatic nitrogens is 6. The molecule has 0 aliphatic carbocycles. The van der Waals surface area contributed by atoms with Gasteiger partial charge < -0.3 is 11.1 Å². The number of hydrogen-bond acceptors (Lipinski definition) is 6. The van der Waals surface area contributed by atoms with E-state index in [1.807, 2.05) is 6.92 Å². The van der Waals surface area contributed by atoms with E-state index in [9.17, 15) is 4.79 Å². The van der Waals surface area contributed by atoms with Gasteiger partial charge in [0.1, 0.15) is 18.7 Å². The Morgan fingerprint density at radius 3 is 3.11 bits per heavy atom. The first kappa shape index (κ1) is 12.2. The molecular weight excluding hydrogens is 236 g/mol. The molecule has 96 valence electrons. The van der Waals surface area contributed by atoms with Gasteiger partial charge in [-0.3, -0.25) is 9.89 Å². The van der Waals surface area contributed by atoms with E-state index in [0.717, 1.165) is 0 Å². The van der Waals surface area contributed by atoms with E-state index in [0.29, 0.717) is 18.1 Å². The second-order valence-electron chi connectivity index (χ2n) is 3.77. The van der Waals surface area contributed by atoms with Crippen molar-refractivity contribution in [2.24, 2.45) is 5.73 Å². The average molecular weight is 250 g/mol. The predicted molar refractivity (Wildman–Crippen MR) is 60.9 cm³/mol. The Morgan fingerprint density at radius 1 is 1.67 bits per heavy atom. The number of nitrogens with one attached hydrogen (secondary N) is 2. The molecule has 0 aliphatic heterocycles. The number of rotatable bonds is 5. The highest BCUT2D eigenvalue weighted by molar-refractivity contribution is 5.75. The van der Waals surface area contributed by atoms with Crippen molar-refractivity contribution < 1.29 is 4.79 Å². The van der Waals surface area contributed by atoms with Gasteiger partial charge >= 0.3 is 0 Å². The molecule has 0 aliphatic rings. The van der Waals surface area contributed by atoms with Gasteiger partial charge in [0, 0.05) is 6.54 Å². The molecule has 2 aromatic rings. The molecule has 0 radical (unpaired) electrons. The summed E-state index contributed by atoms with van der Waals surface area (Å²) >= 11 is 0. The maximum absolute atomic E-state index is 11.7. The largest absolute Gasteiger partial charge is 0.345 e. The molecule has 2 rings (SSSR count). The van der Waals surface area contributed by atoms with Crippen molar-refractivity contribution in [2.45, 2.75) is 26.1 Å². The zero-order chi connectivity index (χ0) is 13.0. The van der Waals surface area contributed by atoms with Gasteiger partial charge in [-0.15, -0.1) is 5.10 Å². The van der Waals surface area contributed by atoms with Crippen LogP contribution >= 0.6 is 0 Å². The summed E-state index contributed by atoms with van der Waals surface area (Å²) in [6.45, 7) is 2.20. The lowest BCUT2D eigenvalue weighted by Gasteiger charge is -2.10. The third-order valence-corrected chi connectivity index (χ3v) is 2.32. The van der Waals surface area contributed by atoms with Crippen LogP contribution in [0.25, 0.3) is 0 Å². The second-order valence-corrected chi connectivity index (χ2v) is 3.77. The summed E-state index contributed by atoms with van der Waals surface area (Å²) in [4.78, 5) is 15.7. The lowest BCUT2D eigenvalue weighted by atomic mass is 10.3. The van der Waals surface area contributed by atoms with Crippen LogP contribution < -0.4 is 11.1 Å². The average Bonchev–Trinajstić information content (AvgIpc) is 2.98. The lowest BCUT2D eigenvalue weighted by molar-refractivity contribution is -0.122. The smallest absolute Gasteiger partial charge is 0.242 e. The molecule has 0 saturated carbocycles. The van der Waals surface area contributed by atoms with Crippen molar-refractivity contribution >= 4 is 5.91 Å². The van der Waals surface area contributed by atoms with Crippen LogP contribution in [0.3, 0.4) is 0 Å². The van der Waals surface area contributed by atoms with Gasteiger partial charge in [-0.2, -0.15) is 5.10 Å². The Morgan fingerprint density at radius 2 is 2.50 bits per heavy atom. The summed E-state index contributed by atoms with van der Waals surface area (Å²) in [7, 11) is 0. The minimum absolute atomic E-state index is 0.0888. The highest BCUT2D eigenvalue weighted by Gasteiger charge is 2.12. The van der Waals surface area contributed by atoms with E-state index in [2.05, 4.69) is 30.8 Å². The molecule has 1 amide bonds. The zero-order valence-corrected chi connectivity index (χ0v) is 9.87. The minimum Gasteiger partial charge on any atom is -0.345 e. The number of nitrogens with zero attached hydrogens (tertiary/aromatic N) is 5. The van der Waals surface area contributed by atoms with Gasteiger partial charge in [-0.1, -0.05) is 5.21 Å². The Balaban J connectivity index is 1.88. The van der Waals surface area contributed by atoms with Crippen molar-refractivity contribution in [1.82, 2.24) is 35.5 Å². The van der Waals surface area contributed by atoms with Crippen LogP contribution in [-0.2, 0) is 17.9 Å². The van der Waals surface area contributed by atoms with Crippen molar-refractivity contribution in [3.8, 4) is 0 Å². The first-order valence-corrected chi connectivity index (χ1v) is 5.42. The number of amides is 1. The number of nitrogens with two attached hydrogens (primary N) is 1. The third-order valence-electron chi connectivity index (χ3n) is 2.32. The molecule has 9 nitrogen and oxygen atoms in total. The third kappa shape index (κ3) is 2.88. The van der Waals surface area contributed by atoms with Crippen LogP contribution in [0.2, 0.25) is 0 Å². The predicted octanol–water partition coefficient (Wildman–Crippen LogP) is -1.27. The number of hydrogen-bond donors (Lipinski definition) is 3. The summed E-state index contributed by atoms with van der Waals surface area (Å²) in [5.41, 5.74) is 6.05. The molecular formula is C9H14N8O. The molecule has 0 saturated heterocycles. The molecule has 1 unspecified atom stereocenters. The number of aromatic amines is 1. The highest BCUT2D eigenvalue weighted by Crippen LogP contribution is 2.03. The van der Waals surface area contributed by atoms with Gasteiger partial charge in [0.25, 0.3) is 0 Å². The second kappa shape index (κ2) is 5.36. The van der Waals surface area contributed by atoms with E-state index in [4.69, 9.17) is 5.73 Å². The van der Waals surface area contributed by atoms with Crippen molar-refractivity contribution in [3.63, 3.8) is 0 Å². The summed E-state index contributed by atoms with van der Waals surface area (Å²) in [5, 5.41) is 16.8. The van der Waals surface area contributed by atoms with Crippen LogP contribution in [0, 0.1) is 0 Å². The SMILES string of the molecule is CC(NC(=O)Cn1cc(CN)nn1)c1ncn[nH]1. The van der Waals surface area contributed by atoms with Gasteiger partial charge in [-0.25, -0.2) is 9.67 Å². The quantitative estimate of drug-likeness (QED) is 0.607. The normalized spacial score (nSPS) is 12.3. The fourth-order valence-corrected chi connectivity index (χ4v) is 1.44. The molecule has 0 spiro atoms. The maximum atomic E-state index is 11.7. The minimum atomic E-state index is -0.238. The van der Waals surface area contributed by atoms with Gasteiger partial charge in [0.05, 0.1) is 17.9 Å². The maximum Gasteiger partial charge on any atom is 0.242 e. The van der Waals surface area contributed by atoms with E-state index < -0.39 is 0 Å². The van der Waals surface area contributed by atoms with Crippen LogP contribution in [-0.4, -0.2) is 36.1 Å². The summed E-state index contributed by atoms with van der Waals surface area (Å²) in [5.74, 6) is 0.414. The van der Waals surface area contributed by atoms with Crippen LogP contribution in [0.15, 0.2) is 12.5 Å². The molecule has 18 heavy (non-hydrogen) atoms. The Hall–Kier alpha value is -2.29. The van der Waals surface area contributed by atoms with Crippen molar-refractivity contribution in [3.05, 3.63) is 24.0 Å². The monoisotopic (exact) mass is 250 g/mol. The fraction of sp³-hybridized carbons (Fsp3) is 0.444. The van der Waals surface area contributed by atoms with E-state index in [1.165, 1.54) is 11.0 Å². The lowest BCUT2D eigenvalue weighted by Crippen LogP contribution is -2.30. The van der Waals surface area contributed by atoms with Gasteiger partial charge in [-0.05, 0) is 6.92 Å². The number of carbonyl (C=O) groups is 1. The highest BCUT2D eigenvalue weighted by atomic mass is 16.2. The molecule has 0 fully saturated rings.